The van der Waals surface area contributed by atoms with Gasteiger partial charge in [-0.25, -0.2) is 0 Å². The summed E-state index contributed by atoms with van der Waals surface area (Å²) in [6, 6.07) is 0. The van der Waals surface area contributed by atoms with Gasteiger partial charge >= 0.3 is 0 Å². The van der Waals surface area contributed by atoms with Gasteiger partial charge in [0.05, 0.1) is 5.69 Å². The van der Waals surface area contributed by atoms with Gasteiger partial charge in [0.15, 0.2) is 5.96 Å². The molecule has 0 amide bonds. The summed E-state index contributed by atoms with van der Waals surface area (Å²) in [6.45, 7) is 5.82. The number of hydrogen-bond acceptors (Lipinski definition) is 3. The fourth-order valence-electron chi connectivity index (χ4n) is 2.84. The largest absolute Gasteiger partial charge is 0.361 e. The van der Waals surface area contributed by atoms with Gasteiger partial charge in [-0.3, -0.25) is 4.99 Å². The Kier molecular flexibility index (Phi) is 6.49. The maximum atomic E-state index is 5.39. The third-order valence-corrected chi connectivity index (χ3v) is 4.14. The van der Waals surface area contributed by atoms with Gasteiger partial charge in [-0.15, -0.1) is 0 Å². The number of allylic oxidation sites excluding steroid dienone is 1. The Balaban J connectivity index is 1.82. The van der Waals surface area contributed by atoms with Crippen molar-refractivity contribution in [1.82, 2.24) is 15.8 Å². The normalized spacial score (nSPS) is 15.0. The van der Waals surface area contributed by atoms with Crippen LogP contribution in [-0.2, 0) is 19.4 Å². The lowest BCUT2D eigenvalue weighted by Crippen LogP contribution is -2.37. The predicted molar refractivity (Wildman–Crippen MR) is 90.0 cm³/mol. The van der Waals surface area contributed by atoms with Gasteiger partial charge in [0.2, 0.25) is 0 Å². The molecular formula is C17H28N4O. The van der Waals surface area contributed by atoms with Gasteiger partial charge in [-0.2, -0.15) is 0 Å². The second-order valence-corrected chi connectivity index (χ2v) is 5.60. The molecule has 0 aliphatic heterocycles. The third kappa shape index (κ3) is 4.36. The van der Waals surface area contributed by atoms with Crippen LogP contribution in [-0.4, -0.2) is 24.7 Å². The average Bonchev–Trinajstić information content (AvgIpc) is 3.19. The van der Waals surface area contributed by atoms with E-state index in [1.807, 2.05) is 0 Å². The van der Waals surface area contributed by atoms with Crippen molar-refractivity contribution in [2.45, 2.75) is 58.9 Å². The molecule has 5 heteroatoms. The van der Waals surface area contributed by atoms with E-state index in [0.717, 1.165) is 43.2 Å². The predicted octanol–water partition coefficient (Wildman–Crippen LogP) is 2.96. The molecule has 0 saturated heterocycles. The summed E-state index contributed by atoms with van der Waals surface area (Å²) >= 11 is 0. The first-order valence-electron chi connectivity index (χ1n) is 8.37. The van der Waals surface area contributed by atoms with Crippen LogP contribution in [0.5, 0.6) is 0 Å². The van der Waals surface area contributed by atoms with E-state index in [2.05, 4.69) is 40.7 Å². The van der Waals surface area contributed by atoms with Crippen molar-refractivity contribution in [1.29, 1.82) is 0 Å². The molecule has 1 aromatic rings. The lowest BCUT2D eigenvalue weighted by Gasteiger charge is -2.12. The van der Waals surface area contributed by atoms with Gasteiger partial charge < -0.3 is 15.2 Å². The minimum Gasteiger partial charge on any atom is -0.361 e. The average molecular weight is 304 g/mol. The summed E-state index contributed by atoms with van der Waals surface area (Å²) in [5.74, 6) is 1.81. The Bertz CT molecular complexity index is 509. The third-order valence-electron chi connectivity index (χ3n) is 4.14. The van der Waals surface area contributed by atoms with Crippen LogP contribution in [0.3, 0.4) is 0 Å². The van der Waals surface area contributed by atoms with Crippen molar-refractivity contribution < 1.29 is 4.52 Å². The second kappa shape index (κ2) is 8.61. The summed E-state index contributed by atoms with van der Waals surface area (Å²) in [5, 5.41) is 10.9. The molecule has 0 saturated carbocycles. The monoisotopic (exact) mass is 304 g/mol. The Hall–Kier alpha value is -1.78. The molecule has 1 aliphatic carbocycles. The van der Waals surface area contributed by atoms with Gasteiger partial charge in [-0.05, 0) is 32.1 Å². The van der Waals surface area contributed by atoms with Crippen LogP contribution in [0.25, 0.3) is 0 Å². The van der Waals surface area contributed by atoms with Crippen LogP contribution in [0.15, 0.2) is 21.2 Å². The fraction of sp³-hybridized carbons (Fsp3) is 0.647. The van der Waals surface area contributed by atoms with E-state index >= 15 is 0 Å². The number of guanidine groups is 1. The van der Waals surface area contributed by atoms with E-state index in [0.29, 0.717) is 6.54 Å². The zero-order chi connectivity index (χ0) is 15.8. The van der Waals surface area contributed by atoms with Crippen LogP contribution in [0, 0.1) is 0 Å². The molecule has 0 unspecified atom stereocenters. The summed E-state index contributed by atoms with van der Waals surface area (Å²) in [6.07, 6.45) is 9.05. The number of rotatable bonds is 7. The van der Waals surface area contributed by atoms with Crippen LogP contribution in [0.2, 0.25) is 0 Å². The Morgan fingerprint density at radius 1 is 1.32 bits per heavy atom. The molecular weight excluding hydrogens is 276 g/mol. The highest BCUT2D eigenvalue weighted by molar-refractivity contribution is 5.79. The summed E-state index contributed by atoms with van der Waals surface area (Å²) in [4.78, 5) is 4.29. The van der Waals surface area contributed by atoms with Gasteiger partial charge in [0.25, 0.3) is 0 Å². The van der Waals surface area contributed by atoms with Gasteiger partial charge in [-0.1, -0.05) is 30.7 Å². The first-order chi connectivity index (χ1) is 10.8. The molecule has 0 aromatic carbocycles. The van der Waals surface area contributed by atoms with E-state index in [4.69, 9.17) is 4.52 Å². The molecule has 0 atom stereocenters. The smallest absolute Gasteiger partial charge is 0.191 e. The lowest BCUT2D eigenvalue weighted by molar-refractivity contribution is 0.380. The molecule has 22 heavy (non-hydrogen) atoms. The molecule has 1 aliphatic rings. The number of aromatic nitrogens is 1. The molecule has 0 spiro atoms. The first-order valence-corrected chi connectivity index (χ1v) is 8.37. The van der Waals surface area contributed by atoms with Crippen molar-refractivity contribution in [2.24, 2.45) is 4.99 Å². The van der Waals surface area contributed by atoms with Crippen molar-refractivity contribution in [3.8, 4) is 0 Å². The van der Waals surface area contributed by atoms with Crippen molar-refractivity contribution in [3.05, 3.63) is 28.7 Å². The number of nitrogens with zero attached hydrogens (tertiary/aromatic N) is 2. The van der Waals surface area contributed by atoms with Gasteiger partial charge in [0, 0.05) is 32.1 Å². The zero-order valence-corrected chi connectivity index (χ0v) is 14.0. The maximum Gasteiger partial charge on any atom is 0.191 e. The van der Waals surface area contributed by atoms with Gasteiger partial charge in [0.1, 0.15) is 5.76 Å². The van der Waals surface area contributed by atoms with E-state index in [-0.39, 0.29) is 0 Å². The highest BCUT2D eigenvalue weighted by Gasteiger charge is 2.13. The fourth-order valence-corrected chi connectivity index (χ4v) is 2.84. The molecule has 5 nitrogen and oxygen atoms in total. The first kappa shape index (κ1) is 16.6. The van der Waals surface area contributed by atoms with Crippen LogP contribution >= 0.6 is 0 Å². The molecule has 0 fully saturated rings. The molecule has 122 valence electrons. The maximum absolute atomic E-state index is 5.39. The molecule has 0 radical (unpaired) electrons. The highest BCUT2D eigenvalue weighted by atomic mass is 16.5. The van der Waals surface area contributed by atoms with Crippen molar-refractivity contribution in [3.63, 3.8) is 0 Å². The number of aryl methyl sites for hydroxylation is 2. The standard InChI is InChI=1S/C17H28N4O/c1-4-15-14(16(5-2)22-21-15)12-20-17(18-3)19-11-10-13-8-6-7-9-13/h8H,4-7,9-12H2,1-3H3,(H2,18,19,20). The second-order valence-electron chi connectivity index (χ2n) is 5.60. The SMILES string of the molecule is CCc1noc(CC)c1CNC(=NC)NCCC1=CCCC1. The zero-order valence-electron chi connectivity index (χ0n) is 14.0. The number of aliphatic imine (C=N–C) groups is 1. The van der Waals surface area contributed by atoms with Crippen LogP contribution < -0.4 is 10.6 Å². The quantitative estimate of drug-likeness (QED) is 0.462. The lowest BCUT2D eigenvalue weighted by atomic mass is 10.1. The molecule has 1 aromatic heterocycles. The van der Waals surface area contributed by atoms with E-state index < -0.39 is 0 Å². The summed E-state index contributed by atoms with van der Waals surface area (Å²) < 4.78 is 5.39. The minimum atomic E-state index is 0.707. The van der Waals surface area contributed by atoms with Crippen molar-refractivity contribution >= 4 is 5.96 Å². The van der Waals surface area contributed by atoms with Crippen LogP contribution in [0.4, 0.5) is 0 Å². The summed E-state index contributed by atoms with van der Waals surface area (Å²) in [5.41, 5.74) is 3.78. The van der Waals surface area contributed by atoms with Crippen LogP contribution in [0.1, 0.15) is 56.5 Å². The van der Waals surface area contributed by atoms with E-state index in [1.165, 1.54) is 24.8 Å². The summed E-state index contributed by atoms with van der Waals surface area (Å²) in [7, 11) is 1.80. The van der Waals surface area contributed by atoms with Crippen molar-refractivity contribution in [2.75, 3.05) is 13.6 Å². The topological polar surface area (TPSA) is 62.5 Å². The Morgan fingerprint density at radius 2 is 2.18 bits per heavy atom. The van der Waals surface area contributed by atoms with E-state index in [9.17, 15) is 0 Å². The molecule has 1 heterocycles. The molecule has 0 bridgehead atoms. The Labute approximate surface area is 133 Å². The molecule has 2 rings (SSSR count). The van der Waals surface area contributed by atoms with E-state index in [1.54, 1.807) is 12.6 Å². The number of nitrogens with one attached hydrogen (secondary N) is 2. The number of hydrogen-bond donors (Lipinski definition) is 2. The Morgan fingerprint density at radius 3 is 2.82 bits per heavy atom. The highest BCUT2D eigenvalue weighted by Crippen LogP contribution is 2.19. The molecule has 2 N–H and O–H groups in total. The minimum absolute atomic E-state index is 0.707.